The van der Waals surface area contributed by atoms with E-state index < -0.39 is 0 Å². The summed E-state index contributed by atoms with van der Waals surface area (Å²) >= 11 is 1.70. The second-order valence-electron chi connectivity index (χ2n) is 4.76. The highest BCUT2D eigenvalue weighted by atomic mass is 32.2. The minimum atomic E-state index is -0.350. The van der Waals surface area contributed by atoms with E-state index in [-0.39, 0.29) is 18.2 Å². The van der Waals surface area contributed by atoms with Crippen molar-refractivity contribution >= 4 is 22.7 Å². The molecule has 0 radical (unpaired) electrons. The van der Waals surface area contributed by atoms with Crippen molar-refractivity contribution in [1.82, 2.24) is 0 Å². The van der Waals surface area contributed by atoms with E-state index in [1.54, 1.807) is 24.9 Å². The monoisotopic (exact) mass is 294 g/mol. The van der Waals surface area contributed by atoms with Crippen LogP contribution in [0.2, 0.25) is 0 Å². The number of aliphatic hydroxyl groups is 1. The van der Waals surface area contributed by atoms with Crippen LogP contribution in [-0.2, 0) is 5.75 Å². The average molecular weight is 294 g/mol. The molecule has 0 amide bonds. The first kappa shape index (κ1) is 14.9. The summed E-state index contributed by atoms with van der Waals surface area (Å²) in [5.74, 6) is 2.50. The molecule has 0 bridgehead atoms. The van der Waals surface area contributed by atoms with Gasteiger partial charge in [0, 0.05) is 29.9 Å². The number of aliphatic hydroxyl groups excluding tert-OH is 1. The zero-order valence-electron chi connectivity index (χ0n) is 11.6. The SMILES string of the molecule is COc1ccc2c(CSCC(C)CO)cc(=O)oc2c1. The third-order valence-electron chi connectivity index (χ3n) is 3.01. The molecule has 1 heterocycles. The summed E-state index contributed by atoms with van der Waals surface area (Å²) in [5.41, 5.74) is 1.15. The molecule has 0 fully saturated rings. The van der Waals surface area contributed by atoms with Crippen molar-refractivity contribution in [3.63, 3.8) is 0 Å². The van der Waals surface area contributed by atoms with Gasteiger partial charge in [0.2, 0.25) is 0 Å². The number of hydrogen-bond acceptors (Lipinski definition) is 5. The molecule has 0 spiro atoms. The van der Waals surface area contributed by atoms with Gasteiger partial charge in [-0.15, -0.1) is 0 Å². The van der Waals surface area contributed by atoms with Crippen LogP contribution in [0.25, 0.3) is 11.0 Å². The maximum Gasteiger partial charge on any atom is 0.336 e. The molecule has 1 atom stereocenters. The molecule has 4 nitrogen and oxygen atoms in total. The molecule has 0 aliphatic heterocycles. The van der Waals surface area contributed by atoms with E-state index in [4.69, 9.17) is 14.3 Å². The molecule has 20 heavy (non-hydrogen) atoms. The predicted octanol–water partition coefficient (Wildman–Crippen LogP) is 2.66. The van der Waals surface area contributed by atoms with Gasteiger partial charge in [0.25, 0.3) is 0 Å². The van der Waals surface area contributed by atoms with Gasteiger partial charge in [0.05, 0.1) is 7.11 Å². The Labute approximate surface area is 121 Å². The fraction of sp³-hybridized carbons (Fsp3) is 0.400. The van der Waals surface area contributed by atoms with E-state index >= 15 is 0 Å². The van der Waals surface area contributed by atoms with Crippen LogP contribution in [0.5, 0.6) is 5.75 Å². The van der Waals surface area contributed by atoms with Crippen molar-refractivity contribution < 1.29 is 14.3 Å². The summed E-state index contributed by atoms with van der Waals surface area (Å²) in [6.45, 7) is 2.18. The van der Waals surface area contributed by atoms with Crippen LogP contribution >= 0.6 is 11.8 Å². The number of benzene rings is 1. The van der Waals surface area contributed by atoms with Crippen molar-refractivity contribution in [3.8, 4) is 5.75 Å². The minimum absolute atomic E-state index is 0.182. The molecule has 1 aromatic carbocycles. The highest BCUT2D eigenvalue weighted by molar-refractivity contribution is 7.98. The van der Waals surface area contributed by atoms with Crippen LogP contribution in [-0.4, -0.2) is 24.6 Å². The van der Waals surface area contributed by atoms with Gasteiger partial charge in [-0.3, -0.25) is 0 Å². The van der Waals surface area contributed by atoms with Crippen molar-refractivity contribution in [2.75, 3.05) is 19.5 Å². The fourth-order valence-corrected chi connectivity index (χ4v) is 2.96. The molecule has 0 saturated carbocycles. The van der Waals surface area contributed by atoms with Crippen LogP contribution < -0.4 is 10.4 Å². The van der Waals surface area contributed by atoms with Crippen molar-refractivity contribution in [2.45, 2.75) is 12.7 Å². The number of methoxy groups -OCH3 is 1. The fourth-order valence-electron chi connectivity index (χ4n) is 1.88. The van der Waals surface area contributed by atoms with E-state index in [1.165, 1.54) is 6.07 Å². The van der Waals surface area contributed by atoms with Crippen molar-refractivity contribution in [3.05, 3.63) is 40.2 Å². The maximum absolute atomic E-state index is 11.6. The molecular weight excluding hydrogens is 276 g/mol. The lowest BCUT2D eigenvalue weighted by Gasteiger charge is -2.09. The first-order valence-corrected chi connectivity index (χ1v) is 7.59. The number of hydrogen-bond donors (Lipinski definition) is 1. The Kier molecular flexibility index (Phi) is 5.09. The standard InChI is InChI=1S/C15H18O4S/c1-10(7-16)8-20-9-11-5-15(17)19-14-6-12(18-2)3-4-13(11)14/h3-6,10,16H,7-9H2,1-2H3. The predicted molar refractivity (Wildman–Crippen MR) is 81.4 cm³/mol. The summed E-state index contributed by atoms with van der Waals surface area (Å²) in [7, 11) is 1.58. The lowest BCUT2D eigenvalue weighted by molar-refractivity contribution is 0.250. The first-order chi connectivity index (χ1) is 9.63. The van der Waals surface area contributed by atoms with Crippen LogP contribution in [0.3, 0.4) is 0 Å². The molecule has 2 rings (SSSR count). The lowest BCUT2D eigenvalue weighted by Crippen LogP contribution is -2.04. The molecule has 5 heteroatoms. The van der Waals surface area contributed by atoms with Crippen molar-refractivity contribution in [2.24, 2.45) is 5.92 Å². The molecular formula is C15H18O4S. The molecule has 1 unspecified atom stereocenters. The summed E-state index contributed by atoms with van der Waals surface area (Å²) < 4.78 is 10.3. The second-order valence-corrected chi connectivity index (χ2v) is 5.79. The van der Waals surface area contributed by atoms with Crippen LogP contribution in [0.1, 0.15) is 12.5 Å². The largest absolute Gasteiger partial charge is 0.497 e. The number of thioether (sulfide) groups is 1. The van der Waals surface area contributed by atoms with Crippen LogP contribution in [0.4, 0.5) is 0 Å². The summed E-state index contributed by atoms with van der Waals surface area (Å²) in [5, 5.41) is 9.94. The molecule has 0 saturated heterocycles. The molecule has 2 aromatic rings. The van der Waals surface area contributed by atoms with Gasteiger partial charge in [-0.2, -0.15) is 11.8 Å². The smallest absolute Gasteiger partial charge is 0.336 e. The second kappa shape index (κ2) is 6.81. The average Bonchev–Trinajstić information content (AvgIpc) is 2.45. The molecule has 108 valence electrons. The topological polar surface area (TPSA) is 59.7 Å². The van der Waals surface area contributed by atoms with Gasteiger partial charge < -0.3 is 14.3 Å². The quantitative estimate of drug-likeness (QED) is 0.830. The van der Waals surface area contributed by atoms with E-state index in [9.17, 15) is 4.79 Å². The van der Waals surface area contributed by atoms with E-state index in [2.05, 4.69) is 0 Å². The number of ether oxygens (including phenoxy) is 1. The number of rotatable bonds is 6. The Hall–Kier alpha value is -1.46. The van der Waals surface area contributed by atoms with E-state index in [1.807, 2.05) is 19.1 Å². The highest BCUT2D eigenvalue weighted by Gasteiger charge is 2.08. The highest BCUT2D eigenvalue weighted by Crippen LogP contribution is 2.25. The molecule has 1 N–H and O–H groups in total. The summed E-state index contributed by atoms with van der Waals surface area (Å²) in [6.07, 6.45) is 0. The first-order valence-electron chi connectivity index (χ1n) is 6.43. The Morgan fingerprint density at radius 2 is 2.20 bits per heavy atom. The van der Waals surface area contributed by atoms with Gasteiger partial charge in [0.1, 0.15) is 11.3 Å². The Bertz CT molecular complexity index is 635. The van der Waals surface area contributed by atoms with Gasteiger partial charge in [0.15, 0.2) is 0 Å². The molecule has 1 aromatic heterocycles. The minimum Gasteiger partial charge on any atom is -0.497 e. The van der Waals surface area contributed by atoms with E-state index in [0.717, 1.165) is 22.5 Å². The molecule has 0 aliphatic rings. The third kappa shape index (κ3) is 3.55. The molecule has 0 aliphatic carbocycles. The van der Waals surface area contributed by atoms with Gasteiger partial charge in [-0.1, -0.05) is 6.92 Å². The summed E-state index contributed by atoms with van der Waals surface area (Å²) in [6, 6.07) is 7.02. The van der Waals surface area contributed by atoms with Gasteiger partial charge >= 0.3 is 5.63 Å². The lowest BCUT2D eigenvalue weighted by atomic mass is 10.1. The Morgan fingerprint density at radius 3 is 2.90 bits per heavy atom. The Balaban J connectivity index is 2.26. The summed E-state index contributed by atoms with van der Waals surface area (Å²) in [4.78, 5) is 11.6. The van der Waals surface area contributed by atoms with Crippen LogP contribution in [0.15, 0.2) is 33.5 Å². The zero-order chi connectivity index (χ0) is 14.5. The maximum atomic E-state index is 11.6. The Morgan fingerprint density at radius 1 is 1.40 bits per heavy atom. The van der Waals surface area contributed by atoms with Crippen LogP contribution in [0, 0.1) is 5.92 Å². The van der Waals surface area contributed by atoms with Gasteiger partial charge in [-0.05, 0) is 29.4 Å². The number of fused-ring (bicyclic) bond motifs is 1. The van der Waals surface area contributed by atoms with E-state index in [0.29, 0.717) is 11.3 Å². The zero-order valence-corrected chi connectivity index (χ0v) is 12.4. The van der Waals surface area contributed by atoms with Gasteiger partial charge in [-0.25, -0.2) is 4.79 Å². The van der Waals surface area contributed by atoms with Crippen molar-refractivity contribution in [1.29, 1.82) is 0 Å². The third-order valence-corrected chi connectivity index (χ3v) is 4.33. The normalized spacial score (nSPS) is 12.6.